The Bertz CT molecular complexity index is 1370. The second kappa shape index (κ2) is 11.8. The number of sulfonamides is 1. The summed E-state index contributed by atoms with van der Waals surface area (Å²) in [4.78, 5) is 18.5. The number of hydroxylamine groups is 1. The SMILES string of the molecule is COc1cc(C)c(S(=O)(=O)N(Cc2ccc3c(c2)OCO3)[C@H](CO)C(=O)NOCc2ccccc2)c(C)c1. The fourth-order valence-electron chi connectivity index (χ4n) is 4.27. The van der Waals surface area contributed by atoms with Crippen LogP contribution in [0.2, 0.25) is 0 Å². The average molecular weight is 543 g/mol. The van der Waals surface area contributed by atoms with Gasteiger partial charge in [-0.1, -0.05) is 36.4 Å². The van der Waals surface area contributed by atoms with Crippen LogP contribution in [0.4, 0.5) is 0 Å². The van der Waals surface area contributed by atoms with E-state index < -0.39 is 28.6 Å². The van der Waals surface area contributed by atoms with E-state index in [0.717, 1.165) is 9.87 Å². The van der Waals surface area contributed by atoms with Crippen LogP contribution in [0.15, 0.2) is 65.6 Å². The van der Waals surface area contributed by atoms with Crippen LogP contribution in [0.1, 0.15) is 22.3 Å². The van der Waals surface area contributed by atoms with Gasteiger partial charge in [-0.3, -0.25) is 9.63 Å². The van der Waals surface area contributed by atoms with Gasteiger partial charge in [0.15, 0.2) is 11.5 Å². The molecule has 1 amide bonds. The molecule has 2 N–H and O–H groups in total. The zero-order chi connectivity index (χ0) is 27.3. The van der Waals surface area contributed by atoms with E-state index in [1.807, 2.05) is 30.3 Å². The third-order valence-electron chi connectivity index (χ3n) is 6.09. The van der Waals surface area contributed by atoms with Crippen molar-refractivity contribution in [3.63, 3.8) is 0 Å². The van der Waals surface area contributed by atoms with E-state index in [0.29, 0.717) is 33.9 Å². The van der Waals surface area contributed by atoms with Gasteiger partial charge in [0.05, 0.1) is 25.2 Å². The molecule has 3 aromatic rings. The van der Waals surface area contributed by atoms with Gasteiger partial charge in [-0.15, -0.1) is 0 Å². The third-order valence-corrected chi connectivity index (χ3v) is 8.25. The molecule has 1 aliphatic heterocycles. The number of hydrogen-bond acceptors (Lipinski definition) is 8. The van der Waals surface area contributed by atoms with Gasteiger partial charge in [-0.05, 0) is 60.4 Å². The molecule has 0 spiro atoms. The van der Waals surface area contributed by atoms with Crippen LogP contribution in [-0.2, 0) is 32.8 Å². The number of aliphatic hydroxyl groups excluding tert-OH is 1. The Morgan fingerprint density at radius 2 is 1.71 bits per heavy atom. The van der Waals surface area contributed by atoms with Crippen LogP contribution in [0.25, 0.3) is 0 Å². The molecule has 0 saturated heterocycles. The zero-order valence-electron chi connectivity index (χ0n) is 21.3. The largest absolute Gasteiger partial charge is 0.497 e. The molecule has 0 unspecified atom stereocenters. The molecule has 0 bridgehead atoms. The van der Waals surface area contributed by atoms with Gasteiger partial charge in [0, 0.05) is 6.54 Å². The monoisotopic (exact) mass is 542 g/mol. The number of methoxy groups -OCH3 is 1. The van der Waals surface area contributed by atoms with Gasteiger partial charge in [0.2, 0.25) is 16.8 Å². The van der Waals surface area contributed by atoms with Crippen LogP contribution in [0.5, 0.6) is 17.2 Å². The fraction of sp³-hybridized carbons (Fsp3) is 0.296. The molecule has 0 aliphatic carbocycles. The molecule has 0 aromatic heterocycles. The van der Waals surface area contributed by atoms with Gasteiger partial charge in [-0.2, -0.15) is 4.31 Å². The minimum atomic E-state index is -4.30. The Morgan fingerprint density at radius 1 is 1.03 bits per heavy atom. The van der Waals surface area contributed by atoms with Gasteiger partial charge in [-0.25, -0.2) is 13.9 Å². The van der Waals surface area contributed by atoms with Gasteiger partial charge >= 0.3 is 0 Å². The Morgan fingerprint density at radius 3 is 2.37 bits per heavy atom. The summed E-state index contributed by atoms with van der Waals surface area (Å²) in [6, 6.07) is 15.9. The number of nitrogens with zero attached hydrogens (tertiary/aromatic N) is 1. The van der Waals surface area contributed by atoms with Crippen molar-refractivity contribution >= 4 is 15.9 Å². The summed E-state index contributed by atoms with van der Waals surface area (Å²) in [5.74, 6) is 0.701. The van der Waals surface area contributed by atoms with E-state index in [4.69, 9.17) is 19.0 Å². The van der Waals surface area contributed by atoms with E-state index in [2.05, 4.69) is 5.48 Å². The summed E-state index contributed by atoms with van der Waals surface area (Å²) < 4.78 is 45.2. The second-order valence-electron chi connectivity index (χ2n) is 8.77. The minimum absolute atomic E-state index is 0.0236. The molecular formula is C27H30N2O8S. The lowest BCUT2D eigenvalue weighted by atomic mass is 10.1. The average Bonchev–Trinajstić information content (AvgIpc) is 3.36. The maximum Gasteiger partial charge on any atom is 0.264 e. The molecule has 11 heteroatoms. The second-order valence-corrected chi connectivity index (χ2v) is 10.6. The summed E-state index contributed by atoms with van der Waals surface area (Å²) in [6.45, 7) is 2.43. The van der Waals surface area contributed by atoms with Crippen LogP contribution in [-0.4, -0.2) is 50.3 Å². The fourth-order valence-corrected chi connectivity index (χ4v) is 6.25. The van der Waals surface area contributed by atoms with Crippen LogP contribution in [0.3, 0.4) is 0 Å². The quantitative estimate of drug-likeness (QED) is 0.355. The van der Waals surface area contributed by atoms with Gasteiger partial charge in [0.1, 0.15) is 11.8 Å². The number of fused-ring (bicyclic) bond motifs is 1. The maximum atomic E-state index is 14.1. The predicted octanol–water partition coefficient (Wildman–Crippen LogP) is 2.84. The molecule has 1 aliphatic rings. The highest BCUT2D eigenvalue weighted by molar-refractivity contribution is 7.89. The molecule has 4 rings (SSSR count). The number of rotatable bonds is 11. The minimum Gasteiger partial charge on any atom is -0.497 e. The van der Waals surface area contributed by atoms with E-state index in [1.165, 1.54) is 7.11 Å². The Balaban J connectivity index is 1.67. The van der Waals surface area contributed by atoms with E-state index in [1.54, 1.807) is 44.2 Å². The number of benzene rings is 3. The first-order valence-corrected chi connectivity index (χ1v) is 13.3. The van der Waals surface area contributed by atoms with Crippen LogP contribution in [0, 0.1) is 13.8 Å². The van der Waals surface area contributed by atoms with Crippen molar-refractivity contribution < 1.29 is 37.4 Å². The van der Waals surface area contributed by atoms with Gasteiger partial charge in [0.25, 0.3) is 5.91 Å². The summed E-state index contributed by atoms with van der Waals surface area (Å²) in [7, 11) is -2.81. The number of aryl methyl sites for hydroxylation is 2. The normalized spacial score (nSPS) is 13.4. The molecule has 3 aromatic carbocycles. The number of hydrogen-bond donors (Lipinski definition) is 2. The molecule has 38 heavy (non-hydrogen) atoms. The Kier molecular flexibility index (Phi) is 8.52. The standard InChI is InChI=1S/C27H30N2O8S/c1-18-11-22(34-3)12-19(2)26(18)38(32,33)29(14-21-9-10-24-25(13-21)36-17-35-24)23(15-30)27(31)28-37-16-20-7-5-4-6-8-20/h4-13,23,30H,14-17H2,1-3H3,(H,28,31)/t23-/m1/s1. The Labute approximate surface area is 221 Å². The van der Waals surface area contributed by atoms with Crippen LogP contribution >= 0.6 is 0 Å². The van der Waals surface area contributed by atoms with Crippen molar-refractivity contribution in [1.82, 2.24) is 9.79 Å². The topological polar surface area (TPSA) is 124 Å². The van der Waals surface area contributed by atoms with Crippen molar-refractivity contribution in [3.8, 4) is 17.2 Å². The maximum absolute atomic E-state index is 14.1. The summed E-state index contributed by atoms with van der Waals surface area (Å²) >= 11 is 0. The van der Waals surface area contributed by atoms with E-state index >= 15 is 0 Å². The highest BCUT2D eigenvalue weighted by atomic mass is 32.2. The lowest BCUT2D eigenvalue weighted by molar-refractivity contribution is -0.140. The number of aliphatic hydroxyl groups is 1. The lowest BCUT2D eigenvalue weighted by Gasteiger charge is -2.30. The first-order chi connectivity index (χ1) is 18.2. The van der Waals surface area contributed by atoms with Crippen molar-refractivity contribution in [2.75, 3.05) is 20.5 Å². The lowest BCUT2D eigenvalue weighted by Crippen LogP contribution is -2.51. The highest BCUT2D eigenvalue weighted by Crippen LogP contribution is 2.35. The molecule has 1 atom stereocenters. The summed E-state index contributed by atoms with van der Waals surface area (Å²) in [5, 5.41) is 10.3. The first kappa shape index (κ1) is 27.4. The summed E-state index contributed by atoms with van der Waals surface area (Å²) in [6.07, 6.45) is 0. The number of carbonyl (C=O) groups excluding carboxylic acids is 1. The zero-order valence-corrected chi connectivity index (χ0v) is 22.2. The number of nitrogens with one attached hydrogen (secondary N) is 1. The molecule has 1 heterocycles. The van der Waals surface area contributed by atoms with Crippen LogP contribution < -0.4 is 19.7 Å². The first-order valence-electron chi connectivity index (χ1n) is 11.9. The number of amides is 1. The van der Waals surface area contributed by atoms with E-state index in [-0.39, 0.29) is 24.8 Å². The van der Waals surface area contributed by atoms with Gasteiger partial charge < -0.3 is 19.3 Å². The Hall–Kier alpha value is -3.64. The molecular weight excluding hydrogens is 512 g/mol. The van der Waals surface area contributed by atoms with Crippen molar-refractivity contribution in [2.45, 2.75) is 37.9 Å². The molecule has 0 fully saturated rings. The third kappa shape index (κ3) is 5.91. The van der Waals surface area contributed by atoms with Crippen molar-refractivity contribution in [2.24, 2.45) is 0 Å². The highest BCUT2D eigenvalue weighted by Gasteiger charge is 2.38. The molecule has 10 nitrogen and oxygen atoms in total. The predicted molar refractivity (Wildman–Crippen MR) is 138 cm³/mol. The number of ether oxygens (including phenoxy) is 3. The van der Waals surface area contributed by atoms with Crippen molar-refractivity contribution in [1.29, 1.82) is 0 Å². The molecule has 0 saturated carbocycles. The van der Waals surface area contributed by atoms with E-state index in [9.17, 15) is 18.3 Å². The summed E-state index contributed by atoms with van der Waals surface area (Å²) in [5.41, 5.74) is 4.52. The van der Waals surface area contributed by atoms with Crippen molar-refractivity contribution in [3.05, 3.63) is 82.9 Å². The smallest absolute Gasteiger partial charge is 0.264 e. The number of carbonyl (C=O) groups is 1. The molecule has 202 valence electrons. The molecule has 0 radical (unpaired) electrons.